The van der Waals surface area contributed by atoms with Gasteiger partial charge in [-0.3, -0.25) is 0 Å². The van der Waals surface area contributed by atoms with Crippen LogP contribution in [-0.4, -0.2) is 47.4 Å². The highest BCUT2D eigenvalue weighted by Crippen LogP contribution is 2.12. The number of aliphatic hydroxyl groups is 1. The maximum absolute atomic E-state index is 11.7. The largest absolute Gasteiger partial charge is 0.633 e. The minimum atomic E-state index is -0.284. The Morgan fingerprint density at radius 1 is 0.714 bits per heavy atom. The second-order valence-corrected chi connectivity index (χ2v) is 6.00. The Morgan fingerprint density at radius 3 is 1.48 bits per heavy atom. The average Bonchev–Trinajstić information content (AvgIpc) is 2.36. The maximum atomic E-state index is 11.7. The van der Waals surface area contributed by atoms with Gasteiger partial charge >= 0.3 is 0 Å². The van der Waals surface area contributed by atoms with Crippen molar-refractivity contribution in [2.24, 2.45) is 0 Å². The third kappa shape index (κ3) is 19.8. The van der Waals surface area contributed by atoms with Gasteiger partial charge in [-0.05, 0) is 12.8 Å². The van der Waals surface area contributed by atoms with Gasteiger partial charge in [0.15, 0.2) is 0 Å². The smallest absolute Gasteiger partial charge is 0.102 e. The standard InChI is InChI=1S/C16H35NO2.2H2O/c1-3-4-5-6-7-8-9-10-11-12-13-14-17(2,19)15-16-18;;/h18H,3-16H2,1-2H3;2*1H2. The van der Waals surface area contributed by atoms with E-state index in [2.05, 4.69) is 6.92 Å². The molecule has 0 amide bonds. The zero-order valence-corrected chi connectivity index (χ0v) is 14.2. The van der Waals surface area contributed by atoms with E-state index in [0.29, 0.717) is 13.1 Å². The number of hydrogen-bond acceptors (Lipinski definition) is 2. The third-order valence-electron chi connectivity index (χ3n) is 3.81. The van der Waals surface area contributed by atoms with Gasteiger partial charge < -0.3 is 25.9 Å². The minimum absolute atomic E-state index is 0. The van der Waals surface area contributed by atoms with Crippen LogP contribution in [0.4, 0.5) is 0 Å². The van der Waals surface area contributed by atoms with Gasteiger partial charge in [0.2, 0.25) is 0 Å². The van der Waals surface area contributed by atoms with E-state index in [1.165, 1.54) is 57.8 Å². The van der Waals surface area contributed by atoms with Crippen molar-refractivity contribution in [3.63, 3.8) is 0 Å². The molecule has 132 valence electrons. The molecule has 0 aromatic rings. The number of nitrogens with zero attached hydrogens (tertiary/aromatic N) is 1. The molecule has 0 aliphatic carbocycles. The van der Waals surface area contributed by atoms with Crippen molar-refractivity contribution < 1.29 is 20.7 Å². The normalized spacial score (nSPS) is 13.1. The van der Waals surface area contributed by atoms with Gasteiger partial charge in [-0.2, -0.15) is 0 Å². The van der Waals surface area contributed by atoms with Crippen LogP contribution in [0.3, 0.4) is 0 Å². The van der Waals surface area contributed by atoms with E-state index in [1.54, 1.807) is 7.05 Å². The summed E-state index contributed by atoms with van der Waals surface area (Å²) >= 11 is 0. The second-order valence-electron chi connectivity index (χ2n) is 6.00. The highest BCUT2D eigenvalue weighted by Gasteiger charge is 2.07. The summed E-state index contributed by atoms with van der Waals surface area (Å²) in [6, 6.07) is 0. The van der Waals surface area contributed by atoms with Gasteiger partial charge in [-0.25, -0.2) is 0 Å². The van der Waals surface area contributed by atoms with Crippen molar-refractivity contribution in [1.29, 1.82) is 0 Å². The van der Waals surface area contributed by atoms with Gasteiger partial charge in [0, 0.05) is 0 Å². The zero-order chi connectivity index (χ0) is 14.4. The van der Waals surface area contributed by atoms with Crippen molar-refractivity contribution in [1.82, 2.24) is 0 Å². The first-order chi connectivity index (χ1) is 9.12. The molecule has 0 radical (unpaired) electrons. The van der Waals surface area contributed by atoms with E-state index in [1.807, 2.05) is 0 Å². The van der Waals surface area contributed by atoms with E-state index in [-0.39, 0.29) is 22.2 Å². The monoisotopic (exact) mass is 309 g/mol. The van der Waals surface area contributed by atoms with Crippen molar-refractivity contribution in [3.05, 3.63) is 5.21 Å². The fourth-order valence-corrected chi connectivity index (χ4v) is 2.43. The second kappa shape index (κ2) is 17.9. The number of hydroxylamine groups is 3. The minimum Gasteiger partial charge on any atom is -0.633 e. The molecule has 0 aliphatic rings. The summed E-state index contributed by atoms with van der Waals surface area (Å²) in [5, 5.41) is 20.5. The number of unbranched alkanes of at least 4 members (excludes halogenated alkanes) is 10. The SMILES string of the molecule is CCCCCCCCCCCCC[N+](C)([O-])CCO.O.O. The Labute approximate surface area is 131 Å². The molecule has 0 aliphatic heterocycles. The lowest BCUT2D eigenvalue weighted by molar-refractivity contribution is -0.861. The lowest BCUT2D eigenvalue weighted by Crippen LogP contribution is -2.40. The fraction of sp³-hybridized carbons (Fsp3) is 1.00. The van der Waals surface area contributed by atoms with Crippen molar-refractivity contribution in [2.45, 2.75) is 77.6 Å². The summed E-state index contributed by atoms with van der Waals surface area (Å²) < 4.78 is -0.284. The van der Waals surface area contributed by atoms with Crippen molar-refractivity contribution in [3.8, 4) is 0 Å². The summed E-state index contributed by atoms with van der Waals surface area (Å²) in [4.78, 5) is 0. The molecular weight excluding hydrogens is 270 g/mol. The maximum Gasteiger partial charge on any atom is 0.102 e. The molecule has 5 heteroatoms. The first-order valence-corrected chi connectivity index (χ1v) is 8.29. The Morgan fingerprint density at radius 2 is 1.10 bits per heavy atom. The molecule has 5 nitrogen and oxygen atoms in total. The van der Waals surface area contributed by atoms with Gasteiger partial charge in [0.1, 0.15) is 6.54 Å². The highest BCUT2D eigenvalue weighted by molar-refractivity contribution is 4.48. The lowest BCUT2D eigenvalue weighted by Gasteiger charge is -2.38. The number of quaternary nitrogens is 1. The highest BCUT2D eigenvalue weighted by atomic mass is 16.5. The number of aliphatic hydroxyl groups excluding tert-OH is 1. The molecule has 0 aromatic carbocycles. The fourth-order valence-electron chi connectivity index (χ4n) is 2.43. The lowest BCUT2D eigenvalue weighted by atomic mass is 10.1. The molecule has 0 heterocycles. The molecule has 5 N–H and O–H groups in total. The summed E-state index contributed by atoms with van der Waals surface area (Å²) in [5.74, 6) is 0. The van der Waals surface area contributed by atoms with E-state index < -0.39 is 0 Å². The third-order valence-corrected chi connectivity index (χ3v) is 3.81. The molecule has 0 rings (SSSR count). The number of rotatable bonds is 14. The predicted molar refractivity (Wildman–Crippen MR) is 90.1 cm³/mol. The summed E-state index contributed by atoms with van der Waals surface area (Å²) in [6.07, 6.45) is 14.4. The Kier molecular flexibility index (Phi) is 21.9. The van der Waals surface area contributed by atoms with E-state index >= 15 is 0 Å². The van der Waals surface area contributed by atoms with E-state index in [4.69, 9.17) is 5.11 Å². The van der Waals surface area contributed by atoms with Crippen LogP contribution < -0.4 is 0 Å². The van der Waals surface area contributed by atoms with Crippen molar-refractivity contribution in [2.75, 3.05) is 26.7 Å². The molecular formula is C16H39NO4. The molecule has 21 heavy (non-hydrogen) atoms. The Balaban J connectivity index is -0.00000162. The number of likely N-dealkylation sites (N-methyl/N-ethyl adjacent to an activating group) is 1. The van der Waals surface area contributed by atoms with Gasteiger partial charge in [0.05, 0.1) is 20.2 Å². The van der Waals surface area contributed by atoms with Crippen LogP contribution >= 0.6 is 0 Å². The van der Waals surface area contributed by atoms with Gasteiger partial charge in [-0.15, -0.1) is 0 Å². The average molecular weight is 309 g/mol. The van der Waals surface area contributed by atoms with Crippen LogP contribution in [0.15, 0.2) is 0 Å². The van der Waals surface area contributed by atoms with Crippen LogP contribution in [0, 0.1) is 5.21 Å². The van der Waals surface area contributed by atoms with Crippen LogP contribution in [0.5, 0.6) is 0 Å². The molecule has 0 saturated heterocycles. The van der Waals surface area contributed by atoms with Crippen LogP contribution in [0.1, 0.15) is 77.6 Å². The van der Waals surface area contributed by atoms with E-state index in [0.717, 1.165) is 12.8 Å². The summed E-state index contributed by atoms with van der Waals surface area (Å²) in [7, 11) is 1.66. The van der Waals surface area contributed by atoms with Crippen LogP contribution in [0.2, 0.25) is 0 Å². The van der Waals surface area contributed by atoms with Crippen molar-refractivity contribution >= 4 is 0 Å². The zero-order valence-electron chi connectivity index (χ0n) is 14.2. The predicted octanol–water partition coefficient (Wildman–Crippen LogP) is 2.58. The van der Waals surface area contributed by atoms with Gasteiger partial charge in [-0.1, -0.05) is 64.7 Å². The molecule has 0 bridgehead atoms. The summed E-state index contributed by atoms with van der Waals surface area (Å²) in [6.45, 7) is 3.24. The number of hydrogen-bond donors (Lipinski definition) is 1. The summed E-state index contributed by atoms with van der Waals surface area (Å²) in [5.41, 5.74) is 0. The molecule has 0 aromatic heterocycles. The van der Waals surface area contributed by atoms with Gasteiger partial charge in [0.25, 0.3) is 0 Å². The molecule has 1 atom stereocenters. The Bertz CT molecular complexity index is 189. The molecule has 1 unspecified atom stereocenters. The quantitative estimate of drug-likeness (QED) is 0.302. The van der Waals surface area contributed by atoms with Crippen LogP contribution in [0.25, 0.3) is 0 Å². The van der Waals surface area contributed by atoms with Crippen LogP contribution in [-0.2, 0) is 0 Å². The molecule has 0 saturated carbocycles. The molecule has 0 fully saturated rings. The van der Waals surface area contributed by atoms with E-state index in [9.17, 15) is 5.21 Å². The first-order valence-electron chi connectivity index (χ1n) is 8.29. The first kappa shape index (κ1) is 25.7. The topological polar surface area (TPSA) is 106 Å². The Hall–Kier alpha value is -0.200. The molecule has 0 spiro atoms.